The molecular weight excluding hydrogens is 322 g/mol. The van der Waals surface area contributed by atoms with Crippen molar-refractivity contribution in [3.05, 3.63) is 52.0 Å². The van der Waals surface area contributed by atoms with Gasteiger partial charge in [-0.05, 0) is 51.8 Å². The summed E-state index contributed by atoms with van der Waals surface area (Å²) in [6.45, 7) is -0.0565. The fourth-order valence-electron chi connectivity index (χ4n) is 1.67. The number of hydrogen-bond donors (Lipinski definition) is 1. The maximum Gasteiger partial charge on any atom is 0.169 e. The summed E-state index contributed by atoms with van der Waals surface area (Å²) < 4.78 is 11.6. The first kappa shape index (κ1) is 14.4. The molecule has 0 saturated carbocycles. The summed E-state index contributed by atoms with van der Waals surface area (Å²) in [6, 6.07) is 12.4. The van der Waals surface area contributed by atoms with Crippen molar-refractivity contribution >= 4 is 15.9 Å². The lowest BCUT2D eigenvalue weighted by atomic mass is 10.2. The third kappa shape index (κ3) is 3.10. The minimum absolute atomic E-state index is 0.0565. The molecular formula is C15H12BrNO3. The molecule has 1 N–H and O–H groups in total. The van der Waals surface area contributed by atoms with Gasteiger partial charge in [0, 0.05) is 4.47 Å². The first-order chi connectivity index (χ1) is 9.67. The van der Waals surface area contributed by atoms with Gasteiger partial charge in [0.2, 0.25) is 0 Å². The monoisotopic (exact) mass is 333 g/mol. The van der Waals surface area contributed by atoms with Gasteiger partial charge in [-0.15, -0.1) is 0 Å². The smallest absolute Gasteiger partial charge is 0.169 e. The van der Waals surface area contributed by atoms with Crippen LogP contribution in [-0.2, 0) is 6.61 Å². The van der Waals surface area contributed by atoms with E-state index in [1.54, 1.807) is 36.4 Å². The van der Waals surface area contributed by atoms with Crippen LogP contribution in [0.15, 0.2) is 40.9 Å². The normalized spacial score (nSPS) is 9.90. The van der Waals surface area contributed by atoms with Crippen molar-refractivity contribution < 1.29 is 14.6 Å². The SMILES string of the molecule is COc1cc(CO)ccc1Oc1ccc(C#N)c(Br)c1. The second kappa shape index (κ2) is 6.42. The molecule has 0 aliphatic carbocycles. The number of hydrogen-bond acceptors (Lipinski definition) is 4. The molecule has 0 fully saturated rings. The van der Waals surface area contributed by atoms with Crippen LogP contribution in [0, 0.1) is 11.3 Å². The Morgan fingerprint density at radius 1 is 1.20 bits per heavy atom. The van der Waals surface area contributed by atoms with Gasteiger partial charge in [0.25, 0.3) is 0 Å². The second-order valence-electron chi connectivity index (χ2n) is 4.00. The average Bonchev–Trinajstić information content (AvgIpc) is 2.48. The molecule has 0 saturated heterocycles. The highest BCUT2D eigenvalue weighted by Crippen LogP contribution is 2.33. The van der Waals surface area contributed by atoms with Crippen LogP contribution < -0.4 is 9.47 Å². The molecule has 5 heteroatoms. The minimum Gasteiger partial charge on any atom is -0.493 e. The van der Waals surface area contributed by atoms with Gasteiger partial charge >= 0.3 is 0 Å². The number of methoxy groups -OCH3 is 1. The molecule has 0 aromatic heterocycles. The van der Waals surface area contributed by atoms with E-state index in [1.165, 1.54) is 7.11 Å². The first-order valence-corrected chi connectivity index (χ1v) is 6.62. The molecule has 4 nitrogen and oxygen atoms in total. The van der Waals surface area contributed by atoms with Gasteiger partial charge in [0.1, 0.15) is 11.8 Å². The number of benzene rings is 2. The molecule has 0 bridgehead atoms. The molecule has 102 valence electrons. The zero-order valence-corrected chi connectivity index (χ0v) is 12.3. The summed E-state index contributed by atoms with van der Waals surface area (Å²) in [5.74, 6) is 1.67. The third-order valence-electron chi connectivity index (χ3n) is 2.70. The predicted octanol–water partition coefficient (Wildman–Crippen LogP) is 3.61. The number of halogens is 1. The lowest BCUT2D eigenvalue weighted by molar-refractivity contribution is 0.280. The number of ether oxygens (including phenoxy) is 2. The van der Waals surface area contributed by atoms with Crippen LogP contribution in [0.2, 0.25) is 0 Å². The number of rotatable bonds is 4. The average molecular weight is 334 g/mol. The Morgan fingerprint density at radius 2 is 2.00 bits per heavy atom. The van der Waals surface area contributed by atoms with Crippen LogP contribution in [0.5, 0.6) is 17.2 Å². The third-order valence-corrected chi connectivity index (χ3v) is 3.36. The summed E-state index contributed by atoms with van der Waals surface area (Å²) in [5.41, 5.74) is 1.29. The number of aliphatic hydroxyl groups is 1. The highest BCUT2D eigenvalue weighted by molar-refractivity contribution is 9.10. The van der Waals surface area contributed by atoms with Crippen LogP contribution in [0.1, 0.15) is 11.1 Å². The lowest BCUT2D eigenvalue weighted by Crippen LogP contribution is -1.93. The minimum atomic E-state index is -0.0565. The number of nitriles is 1. The van der Waals surface area contributed by atoms with Crippen molar-refractivity contribution in [1.29, 1.82) is 5.26 Å². The van der Waals surface area contributed by atoms with Gasteiger partial charge < -0.3 is 14.6 Å². The molecule has 20 heavy (non-hydrogen) atoms. The Kier molecular flexibility index (Phi) is 4.61. The largest absolute Gasteiger partial charge is 0.493 e. The molecule has 2 aromatic carbocycles. The predicted molar refractivity (Wildman–Crippen MR) is 77.8 cm³/mol. The molecule has 2 aromatic rings. The van der Waals surface area contributed by atoms with E-state index in [0.717, 1.165) is 5.56 Å². The first-order valence-electron chi connectivity index (χ1n) is 5.83. The maximum atomic E-state index is 9.10. The van der Waals surface area contributed by atoms with Gasteiger partial charge in [-0.25, -0.2) is 0 Å². The van der Waals surface area contributed by atoms with Crippen molar-refractivity contribution in [2.75, 3.05) is 7.11 Å². The van der Waals surface area contributed by atoms with Gasteiger partial charge in [-0.1, -0.05) is 6.07 Å². The Morgan fingerprint density at radius 3 is 2.60 bits per heavy atom. The molecule has 0 aliphatic heterocycles. The number of aliphatic hydroxyl groups excluding tert-OH is 1. The van der Waals surface area contributed by atoms with Gasteiger partial charge in [0.05, 0.1) is 19.3 Å². The molecule has 0 amide bonds. The Balaban J connectivity index is 2.30. The lowest BCUT2D eigenvalue weighted by Gasteiger charge is -2.11. The van der Waals surface area contributed by atoms with E-state index in [0.29, 0.717) is 27.3 Å². The summed E-state index contributed by atoms with van der Waals surface area (Å²) in [7, 11) is 1.54. The van der Waals surface area contributed by atoms with Crippen LogP contribution in [-0.4, -0.2) is 12.2 Å². The highest BCUT2D eigenvalue weighted by atomic mass is 79.9. The Hall–Kier alpha value is -2.03. The van der Waals surface area contributed by atoms with E-state index in [-0.39, 0.29) is 6.61 Å². The zero-order valence-electron chi connectivity index (χ0n) is 10.8. The van der Waals surface area contributed by atoms with Gasteiger partial charge in [0.15, 0.2) is 11.5 Å². The van der Waals surface area contributed by atoms with Crippen LogP contribution in [0.3, 0.4) is 0 Å². The van der Waals surface area contributed by atoms with E-state index < -0.39 is 0 Å². The zero-order chi connectivity index (χ0) is 14.5. The summed E-state index contributed by atoms with van der Waals surface area (Å²) >= 11 is 3.31. The van der Waals surface area contributed by atoms with Crippen molar-refractivity contribution in [2.45, 2.75) is 6.61 Å². The van der Waals surface area contributed by atoms with E-state index in [2.05, 4.69) is 22.0 Å². The topological polar surface area (TPSA) is 62.5 Å². The van der Waals surface area contributed by atoms with E-state index in [1.807, 2.05) is 0 Å². The molecule has 2 rings (SSSR count). The quantitative estimate of drug-likeness (QED) is 0.928. The van der Waals surface area contributed by atoms with Crippen molar-refractivity contribution in [2.24, 2.45) is 0 Å². The summed E-state index contributed by atoms with van der Waals surface area (Å²) in [5, 5.41) is 18.0. The van der Waals surface area contributed by atoms with Crippen molar-refractivity contribution in [3.63, 3.8) is 0 Å². The van der Waals surface area contributed by atoms with E-state index in [4.69, 9.17) is 19.8 Å². The van der Waals surface area contributed by atoms with Crippen LogP contribution >= 0.6 is 15.9 Å². The maximum absolute atomic E-state index is 9.10. The van der Waals surface area contributed by atoms with Gasteiger partial charge in [-0.2, -0.15) is 5.26 Å². The van der Waals surface area contributed by atoms with Gasteiger partial charge in [-0.3, -0.25) is 0 Å². The fourth-order valence-corrected chi connectivity index (χ4v) is 2.12. The molecule has 0 spiro atoms. The molecule has 0 radical (unpaired) electrons. The molecule has 0 aliphatic rings. The van der Waals surface area contributed by atoms with Crippen molar-refractivity contribution in [3.8, 4) is 23.3 Å². The molecule has 0 heterocycles. The van der Waals surface area contributed by atoms with Crippen LogP contribution in [0.25, 0.3) is 0 Å². The molecule has 0 atom stereocenters. The Labute approximate surface area is 125 Å². The van der Waals surface area contributed by atoms with Crippen molar-refractivity contribution in [1.82, 2.24) is 0 Å². The number of nitrogens with zero attached hydrogens (tertiary/aromatic N) is 1. The fraction of sp³-hybridized carbons (Fsp3) is 0.133. The summed E-state index contributed by atoms with van der Waals surface area (Å²) in [4.78, 5) is 0. The Bertz CT molecular complexity index is 665. The summed E-state index contributed by atoms with van der Waals surface area (Å²) in [6.07, 6.45) is 0. The standard InChI is InChI=1S/C15H12BrNO3/c1-19-15-6-10(9-18)2-5-14(15)20-12-4-3-11(8-17)13(16)7-12/h2-7,18H,9H2,1H3. The highest BCUT2D eigenvalue weighted by Gasteiger charge is 2.08. The molecule has 0 unspecified atom stereocenters. The second-order valence-corrected chi connectivity index (χ2v) is 4.85. The van der Waals surface area contributed by atoms with E-state index in [9.17, 15) is 0 Å². The van der Waals surface area contributed by atoms with E-state index >= 15 is 0 Å². The van der Waals surface area contributed by atoms with Crippen LogP contribution in [0.4, 0.5) is 0 Å².